The van der Waals surface area contributed by atoms with E-state index in [2.05, 4.69) is 155 Å². The summed E-state index contributed by atoms with van der Waals surface area (Å²) in [5.74, 6) is 0.168. The second-order valence-electron chi connectivity index (χ2n) is 11.6. The van der Waals surface area contributed by atoms with Crippen molar-refractivity contribution in [2.45, 2.75) is 5.92 Å². The van der Waals surface area contributed by atoms with E-state index in [0.29, 0.717) is 0 Å². The highest BCUT2D eigenvalue weighted by Gasteiger charge is 2.49. The normalized spacial score (nSPS) is 16.1. The van der Waals surface area contributed by atoms with E-state index in [9.17, 15) is 0 Å². The standard InChI is InChI=1S/C39H25BN2/c1-3-13-25(14-4-1)35-28-18-7-8-19-29(28)39-37(35)40-31-20-10-12-22-33(31)42-32-21-11-9-17-27(32)30-23-24-34(36(40)38(30)42)41(39)26-15-5-2-6-16-26/h1-24,35H. The van der Waals surface area contributed by atoms with Crippen molar-refractivity contribution in [3.63, 3.8) is 0 Å². The van der Waals surface area contributed by atoms with E-state index in [4.69, 9.17) is 0 Å². The Morgan fingerprint density at radius 1 is 0.548 bits per heavy atom. The fraction of sp³-hybridized carbons (Fsp3) is 0.0256. The molecule has 3 heterocycles. The van der Waals surface area contributed by atoms with Crippen molar-refractivity contribution in [3.8, 4) is 5.69 Å². The van der Waals surface area contributed by atoms with E-state index < -0.39 is 0 Å². The lowest BCUT2D eigenvalue weighted by Crippen LogP contribution is -2.54. The molecule has 3 heteroatoms. The first-order valence-electron chi connectivity index (χ1n) is 14.8. The number of benzene rings is 6. The lowest BCUT2D eigenvalue weighted by atomic mass is 9.32. The number of nitrogens with zero attached hydrogens (tertiary/aromatic N) is 2. The molecule has 194 valence electrons. The van der Waals surface area contributed by atoms with Crippen LogP contribution in [0.15, 0.2) is 151 Å². The van der Waals surface area contributed by atoms with Crippen molar-refractivity contribution >= 4 is 56.5 Å². The second-order valence-corrected chi connectivity index (χ2v) is 11.6. The number of rotatable bonds is 2. The van der Waals surface area contributed by atoms with Gasteiger partial charge in [-0.1, -0.05) is 121 Å². The van der Waals surface area contributed by atoms with Crippen molar-refractivity contribution in [2.24, 2.45) is 0 Å². The van der Waals surface area contributed by atoms with Gasteiger partial charge in [-0.25, -0.2) is 0 Å². The molecule has 0 saturated heterocycles. The minimum atomic E-state index is 0.143. The van der Waals surface area contributed by atoms with Crippen LogP contribution >= 0.6 is 0 Å². The highest BCUT2D eigenvalue weighted by molar-refractivity contribution is 6.96. The van der Waals surface area contributed by atoms with Crippen molar-refractivity contribution < 1.29 is 0 Å². The van der Waals surface area contributed by atoms with Crippen LogP contribution in [-0.2, 0) is 0 Å². The highest BCUT2D eigenvalue weighted by Crippen LogP contribution is 2.54. The minimum absolute atomic E-state index is 0.143. The summed E-state index contributed by atoms with van der Waals surface area (Å²) in [6.07, 6.45) is 0. The topological polar surface area (TPSA) is 8.17 Å². The Bertz CT molecular complexity index is 2260. The molecule has 0 radical (unpaired) electrons. The van der Waals surface area contributed by atoms with Crippen LogP contribution in [0.3, 0.4) is 0 Å². The van der Waals surface area contributed by atoms with Crippen molar-refractivity contribution in [3.05, 3.63) is 168 Å². The molecule has 0 N–H and O–H groups in total. The highest BCUT2D eigenvalue weighted by atomic mass is 15.2. The predicted molar refractivity (Wildman–Crippen MR) is 176 cm³/mol. The molecule has 0 saturated carbocycles. The summed E-state index contributed by atoms with van der Waals surface area (Å²) >= 11 is 0. The summed E-state index contributed by atoms with van der Waals surface area (Å²) in [7, 11) is 0. The summed E-state index contributed by atoms with van der Waals surface area (Å²) in [5, 5.41) is 2.64. The molecule has 2 nitrogen and oxygen atoms in total. The fourth-order valence-corrected chi connectivity index (χ4v) is 8.16. The summed E-state index contributed by atoms with van der Waals surface area (Å²) in [6, 6.07) is 53.9. The first-order chi connectivity index (χ1) is 20.9. The number of hydrogen-bond acceptors (Lipinski definition) is 1. The first kappa shape index (κ1) is 22.4. The summed E-state index contributed by atoms with van der Waals surface area (Å²) in [4.78, 5) is 2.55. The van der Waals surface area contributed by atoms with Gasteiger partial charge in [-0.05, 0) is 52.4 Å². The SMILES string of the molecule is c1ccc(C2C3=C(c4ccccc42)N(c2ccccc2)c2ccc4c5ccccc5n5c4c2B3c2ccccc2-5)cc1. The molecule has 10 rings (SSSR count). The van der Waals surface area contributed by atoms with E-state index in [1.54, 1.807) is 0 Å². The van der Waals surface area contributed by atoms with Crippen LogP contribution in [0.2, 0.25) is 0 Å². The van der Waals surface area contributed by atoms with Gasteiger partial charge in [0.25, 0.3) is 0 Å². The molecule has 2 aliphatic heterocycles. The van der Waals surface area contributed by atoms with Gasteiger partial charge in [0.15, 0.2) is 0 Å². The zero-order valence-electron chi connectivity index (χ0n) is 22.9. The van der Waals surface area contributed by atoms with Crippen LogP contribution in [-0.4, -0.2) is 11.3 Å². The van der Waals surface area contributed by atoms with Crippen molar-refractivity contribution in [2.75, 3.05) is 4.90 Å². The van der Waals surface area contributed by atoms with Gasteiger partial charge in [0.2, 0.25) is 6.71 Å². The molecule has 0 fully saturated rings. The molecule has 1 unspecified atom stereocenters. The van der Waals surface area contributed by atoms with Gasteiger partial charge in [0, 0.05) is 45.0 Å². The fourth-order valence-electron chi connectivity index (χ4n) is 8.16. The van der Waals surface area contributed by atoms with Gasteiger partial charge in [-0.15, -0.1) is 0 Å². The third-order valence-electron chi connectivity index (χ3n) is 9.66. The summed E-state index contributed by atoms with van der Waals surface area (Å²) in [6.45, 7) is 0.143. The third-order valence-corrected chi connectivity index (χ3v) is 9.66. The Morgan fingerprint density at radius 2 is 1.26 bits per heavy atom. The lowest BCUT2D eigenvalue weighted by Gasteiger charge is -2.41. The van der Waals surface area contributed by atoms with Crippen LogP contribution in [0, 0.1) is 0 Å². The molecule has 7 aromatic rings. The van der Waals surface area contributed by atoms with Gasteiger partial charge in [-0.2, -0.15) is 0 Å². The monoisotopic (exact) mass is 532 g/mol. The Balaban J connectivity index is 1.42. The molecule has 0 spiro atoms. The van der Waals surface area contributed by atoms with E-state index in [1.165, 1.54) is 77.7 Å². The van der Waals surface area contributed by atoms with Crippen LogP contribution in [0.4, 0.5) is 11.4 Å². The number of anilines is 2. The molecule has 6 aromatic carbocycles. The summed E-state index contributed by atoms with van der Waals surface area (Å²) in [5.41, 5.74) is 16.1. The van der Waals surface area contributed by atoms with E-state index in [1.807, 2.05) is 0 Å². The molecule has 1 aliphatic carbocycles. The maximum atomic E-state index is 2.55. The van der Waals surface area contributed by atoms with E-state index in [-0.39, 0.29) is 12.6 Å². The van der Waals surface area contributed by atoms with Crippen LogP contribution < -0.4 is 15.8 Å². The smallest absolute Gasteiger partial charge is 0.248 e. The van der Waals surface area contributed by atoms with Gasteiger partial charge < -0.3 is 9.47 Å². The quantitative estimate of drug-likeness (QED) is 0.205. The predicted octanol–water partition coefficient (Wildman–Crippen LogP) is 7.95. The Hall–Kier alpha value is -5.28. The zero-order chi connectivity index (χ0) is 27.4. The maximum Gasteiger partial charge on any atom is 0.248 e. The number of hydrogen-bond donors (Lipinski definition) is 0. The number of allylic oxidation sites excluding steroid dienone is 1. The Labute approximate surface area is 244 Å². The third kappa shape index (κ3) is 2.71. The molecule has 42 heavy (non-hydrogen) atoms. The van der Waals surface area contributed by atoms with Crippen molar-refractivity contribution in [1.29, 1.82) is 0 Å². The van der Waals surface area contributed by atoms with E-state index >= 15 is 0 Å². The summed E-state index contributed by atoms with van der Waals surface area (Å²) < 4.78 is 2.53. The maximum absolute atomic E-state index is 2.55. The van der Waals surface area contributed by atoms with Gasteiger partial charge in [0.05, 0.1) is 11.0 Å². The van der Waals surface area contributed by atoms with Crippen LogP contribution in [0.1, 0.15) is 22.6 Å². The minimum Gasteiger partial charge on any atom is -0.311 e. The van der Waals surface area contributed by atoms with Gasteiger partial charge in [-0.3, -0.25) is 0 Å². The lowest BCUT2D eigenvalue weighted by molar-refractivity contribution is 1.02. The molecule has 1 aromatic heterocycles. The van der Waals surface area contributed by atoms with Gasteiger partial charge >= 0.3 is 0 Å². The molecular weight excluding hydrogens is 507 g/mol. The molecule has 1 atom stereocenters. The second kappa shape index (κ2) is 8.14. The van der Waals surface area contributed by atoms with E-state index in [0.717, 1.165) is 0 Å². The number of fused-ring (bicyclic) bond motifs is 9. The molecule has 3 aliphatic rings. The van der Waals surface area contributed by atoms with Crippen molar-refractivity contribution in [1.82, 2.24) is 4.57 Å². The molecule has 0 amide bonds. The number of aromatic nitrogens is 1. The first-order valence-corrected chi connectivity index (χ1v) is 14.8. The number of para-hydroxylation sites is 3. The average Bonchev–Trinajstić information content (AvgIpc) is 3.58. The Morgan fingerprint density at radius 3 is 2.14 bits per heavy atom. The van der Waals surface area contributed by atoms with Crippen LogP contribution in [0.5, 0.6) is 0 Å². The average molecular weight is 532 g/mol. The zero-order valence-corrected chi connectivity index (χ0v) is 22.9. The van der Waals surface area contributed by atoms with Gasteiger partial charge in [0.1, 0.15) is 0 Å². The Kier molecular flexibility index (Phi) is 4.35. The van der Waals surface area contributed by atoms with Crippen LogP contribution in [0.25, 0.3) is 33.2 Å². The largest absolute Gasteiger partial charge is 0.311 e. The molecule has 0 bridgehead atoms. The molecular formula is C39H25BN2.